The van der Waals surface area contributed by atoms with Gasteiger partial charge in [0.15, 0.2) is 5.72 Å². The van der Waals surface area contributed by atoms with Crippen LogP contribution in [-0.4, -0.2) is 62.2 Å². The van der Waals surface area contributed by atoms with E-state index in [0.29, 0.717) is 36.3 Å². The molecule has 5 rings (SSSR count). The summed E-state index contributed by atoms with van der Waals surface area (Å²) in [5.41, 5.74) is 1.57. The summed E-state index contributed by atoms with van der Waals surface area (Å²) in [6, 6.07) is 13.9. The number of benzene rings is 2. The van der Waals surface area contributed by atoms with Crippen LogP contribution >= 0.6 is 23.0 Å². The molecule has 3 heterocycles. The highest BCUT2D eigenvalue weighted by atomic mass is 127. The molecule has 0 saturated carbocycles. The lowest BCUT2D eigenvalue weighted by atomic mass is 9.67. The highest BCUT2D eigenvalue weighted by Crippen LogP contribution is 2.60. The molecule has 0 unspecified atom stereocenters. The predicted molar refractivity (Wildman–Crippen MR) is 153 cm³/mol. The van der Waals surface area contributed by atoms with Crippen molar-refractivity contribution in [2.45, 2.75) is 43.6 Å². The zero-order chi connectivity index (χ0) is 27.1. The molecule has 0 amide bonds. The van der Waals surface area contributed by atoms with Gasteiger partial charge in [0.1, 0.15) is 34.4 Å². The fraction of sp³-hybridized carbons (Fsp3) is 0.483. The van der Waals surface area contributed by atoms with Crippen molar-refractivity contribution in [1.29, 1.82) is 0 Å². The SMILES string of the molecule is CC[C@@H]1CN2CC[C@]3(O)c4c(cc(-c5ccccc5)cc4OC)N[C@]3(OI)[C@@H]2C[C@@H]1/C(=C\OC)C(=O)OC. The van der Waals surface area contributed by atoms with Crippen molar-refractivity contribution in [3.63, 3.8) is 0 Å². The van der Waals surface area contributed by atoms with E-state index in [1.165, 1.54) is 13.4 Å². The van der Waals surface area contributed by atoms with Crippen LogP contribution in [0.3, 0.4) is 0 Å². The molecule has 0 spiro atoms. The van der Waals surface area contributed by atoms with Crippen molar-refractivity contribution in [1.82, 2.24) is 4.90 Å². The average molecular weight is 635 g/mol. The number of carbonyl (C=O) groups excluding carboxylic acids is 1. The lowest BCUT2D eigenvalue weighted by molar-refractivity contribution is -0.188. The number of nitrogens with one attached hydrogen (secondary N) is 1. The summed E-state index contributed by atoms with van der Waals surface area (Å²) >= 11 is 1.91. The van der Waals surface area contributed by atoms with Crippen LogP contribution < -0.4 is 10.1 Å². The van der Waals surface area contributed by atoms with Crippen LogP contribution in [0.15, 0.2) is 54.3 Å². The molecule has 2 N–H and O–H groups in total. The Morgan fingerprint density at radius 1 is 1.21 bits per heavy atom. The first-order chi connectivity index (χ1) is 18.4. The van der Waals surface area contributed by atoms with Crippen molar-refractivity contribution >= 4 is 34.7 Å². The van der Waals surface area contributed by atoms with Gasteiger partial charge in [0, 0.05) is 18.8 Å². The van der Waals surface area contributed by atoms with E-state index in [9.17, 15) is 9.90 Å². The molecule has 2 aromatic carbocycles. The maximum Gasteiger partial charge on any atom is 0.337 e. The molecule has 2 aromatic rings. The number of anilines is 1. The van der Waals surface area contributed by atoms with Gasteiger partial charge >= 0.3 is 5.97 Å². The molecule has 2 fully saturated rings. The topological polar surface area (TPSA) is 89.5 Å². The number of carbonyl (C=O) groups is 1. The van der Waals surface area contributed by atoms with Crippen molar-refractivity contribution in [2.24, 2.45) is 11.8 Å². The third-order valence-electron chi connectivity index (χ3n) is 8.68. The number of esters is 1. The van der Waals surface area contributed by atoms with Gasteiger partial charge in [-0.1, -0.05) is 43.7 Å². The smallest absolute Gasteiger partial charge is 0.337 e. The average Bonchev–Trinajstić information content (AvgIpc) is 3.23. The molecule has 204 valence electrons. The Bertz CT molecular complexity index is 1220. The molecule has 5 atom stereocenters. The lowest BCUT2D eigenvalue weighted by Gasteiger charge is -2.57. The molecule has 3 aliphatic rings. The monoisotopic (exact) mass is 634 g/mol. The van der Waals surface area contributed by atoms with Crippen molar-refractivity contribution < 1.29 is 27.2 Å². The van der Waals surface area contributed by atoms with Crippen LogP contribution in [0, 0.1) is 11.8 Å². The lowest BCUT2D eigenvalue weighted by Crippen LogP contribution is -2.72. The summed E-state index contributed by atoms with van der Waals surface area (Å²) in [7, 11) is 4.57. The van der Waals surface area contributed by atoms with Crippen LogP contribution in [0.4, 0.5) is 5.69 Å². The number of fused-ring (bicyclic) bond motifs is 5. The summed E-state index contributed by atoms with van der Waals surface area (Å²) in [5, 5.41) is 16.1. The fourth-order valence-corrected chi connectivity index (χ4v) is 7.60. The number of rotatable bonds is 7. The molecule has 0 aromatic heterocycles. The molecule has 0 radical (unpaired) electrons. The van der Waals surface area contributed by atoms with Crippen molar-refractivity contribution in [3.05, 3.63) is 59.9 Å². The summed E-state index contributed by atoms with van der Waals surface area (Å²) in [6.45, 7) is 3.61. The number of methoxy groups -OCH3 is 3. The van der Waals surface area contributed by atoms with Gasteiger partial charge in [0.05, 0.1) is 44.8 Å². The number of piperidine rings is 2. The minimum atomic E-state index is -1.34. The zero-order valence-electron chi connectivity index (χ0n) is 22.2. The first-order valence-electron chi connectivity index (χ1n) is 13.0. The number of aliphatic hydroxyl groups is 1. The maximum absolute atomic E-state index is 12.8. The van der Waals surface area contributed by atoms with Crippen LogP contribution in [-0.2, 0) is 22.9 Å². The molecule has 9 heteroatoms. The van der Waals surface area contributed by atoms with Crippen molar-refractivity contribution in [3.8, 4) is 16.9 Å². The van der Waals surface area contributed by atoms with Crippen LogP contribution in [0.1, 0.15) is 31.7 Å². The molecule has 8 nitrogen and oxygen atoms in total. The maximum atomic E-state index is 12.8. The number of ether oxygens (including phenoxy) is 3. The number of hydrogen-bond acceptors (Lipinski definition) is 8. The standard InChI is InChI=1S/C29H35IN2O6/c1-5-18-16-32-12-11-28(34)26-23(13-20(14-24(26)36-3)19-9-7-6-8-10-19)31-29(28,38-30)25(32)15-21(18)22(17-35-2)27(33)37-4/h6-10,13-14,17-18,21,25,31,34H,5,11-12,15-16H2,1-4H3/b22-17+/t18-,21+,25+,28+,29+/m1/s1. The first-order valence-corrected chi connectivity index (χ1v) is 13.9. The Balaban J connectivity index is 1.60. The number of halogens is 1. The second-order valence-electron chi connectivity index (χ2n) is 10.3. The van der Waals surface area contributed by atoms with Gasteiger partial charge in [0.2, 0.25) is 0 Å². The van der Waals surface area contributed by atoms with Crippen LogP contribution in [0.2, 0.25) is 0 Å². The molecule has 0 aliphatic carbocycles. The van der Waals surface area contributed by atoms with Gasteiger partial charge in [0.25, 0.3) is 0 Å². The van der Waals surface area contributed by atoms with Gasteiger partial charge in [-0.25, -0.2) is 4.79 Å². The van der Waals surface area contributed by atoms with E-state index in [4.69, 9.17) is 17.3 Å². The number of nitrogens with zero attached hydrogens (tertiary/aromatic N) is 1. The van der Waals surface area contributed by atoms with E-state index in [2.05, 4.69) is 35.3 Å². The number of hydrogen-bond donors (Lipinski definition) is 2. The van der Waals surface area contributed by atoms with Gasteiger partial charge in [-0.15, -0.1) is 0 Å². The Hall–Kier alpha value is -2.34. The van der Waals surface area contributed by atoms with E-state index in [1.54, 1.807) is 14.2 Å². The Labute approximate surface area is 238 Å². The minimum Gasteiger partial charge on any atom is -0.504 e. The molecule has 2 saturated heterocycles. The van der Waals surface area contributed by atoms with E-state index >= 15 is 0 Å². The van der Waals surface area contributed by atoms with Crippen LogP contribution in [0.5, 0.6) is 5.75 Å². The summed E-state index contributed by atoms with van der Waals surface area (Å²) < 4.78 is 22.6. The fourth-order valence-electron chi connectivity index (χ4n) is 6.83. The third kappa shape index (κ3) is 4.09. The van der Waals surface area contributed by atoms with E-state index < -0.39 is 17.3 Å². The van der Waals surface area contributed by atoms with Crippen LogP contribution in [0.25, 0.3) is 11.1 Å². The van der Waals surface area contributed by atoms with Gasteiger partial charge in [-0.3, -0.25) is 7.97 Å². The highest BCUT2D eigenvalue weighted by Gasteiger charge is 2.68. The van der Waals surface area contributed by atoms with Gasteiger partial charge in [-0.05, 0) is 47.9 Å². The predicted octanol–water partition coefficient (Wildman–Crippen LogP) is 4.86. The second kappa shape index (κ2) is 10.7. The molecule has 3 aliphatic heterocycles. The quantitative estimate of drug-likeness (QED) is 0.193. The summed E-state index contributed by atoms with van der Waals surface area (Å²) in [6.07, 6.45) is 3.47. The normalized spacial score (nSPS) is 30.5. The van der Waals surface area contributed by atoms with Crippen molar-refractivity contribution in [2.75, 3.05) is 39.7 Å². The Morgan fingerprint density at radius 3 is 2.61 bits per heavy atom. The molecule has 0 bridgehead atoms. The highest BCUT2D eigenvalue weighted by molar-refractivity contribution is 14.1. The van der Waals surface area contributed by atoms with E-state index in [-0.39, 0.29) is 17.9 Å². The Morgan fingerprint density at radius 2 is 1.97 bits per heavy atom. The summed E-state index contributed by atoms with van der Waals surface area (Å²) in [4.78, 5) is 15.2. The van der Waals surface area contributed by atoms with E-state index in [1.807, 2.05) is 47.3 Å². The Kier molecular flexibility index (Phi) is 7.65. The van der Waals surface area contributed by atoms with Gasteiger partial charge in [-0.2, -0.15) is 0 Å². The summed E-state index contributed by atoms with van der Waals surface area (Å²) in [5.74, 6) is 0.337. The largest absolute Gasteiger partial charge is 0.504 e. The molecular formula is C29H35IN2O6. The molecule has 38 heavy (non-hydrogen) atoms. The van der Waals surface area contributed by atoms with E-state index in [0.717, 1.165) is 29.8 Å². The minimum absolute atomic E-state index is 0.119. The molecular weight excluding hydrogens is 599 g/mol. The zero-order valence-corrected chi connectivity index (χ0v) is 24.4. The second-order valence-corrected chi connectivity index (χ2v) is 10.8. The van der Waals surface area contributed by atoms with Gasteiger partial charge < -0.3 is 24.6 Å². The third-order valence-corrected chi connectivity index (χ3v) is 9.37. The first kappa shape index (κ1) is 27.2.